The number of alkyl halides is 5. The standard InChI is InChI=1S/C25H26F6O2/c1-2-3-17-4-7-19(8-5-17)20-9-11-21(12-10-20)24(27,28)32-15-14-18-6-13-23(22(26)16-18)33-25(29,30)31/h2-3,6,9-13,16-17,19H,4-5,7-8,14-15H2,1H3. The molecule has 1 saturated carbocycles. The van der Waals surface area contributed by atoms with E-state index in [-0.39, 0.29) is 17.5 Å². The number of rotatable bonds is 8. The van der Waals surface area contributed by atoms with Crippen LogP contribution in [0.3, 0.4) is 0 Å². The number of hydrogen-bond acceptors (Lipinski definition) is 2. The summed E-state index contributed by atoms with van der Waals surface area (Å²) in [5.41, 5.74) is 0.959. The molecule has 0 heterocycles. The Morgan fingerprint density at radius 3 is 2.18 bits per heavy atom. The number of allylic oxidation sites excluding steroid dienone is 2. The van der Waals surface area contributed by atoms with Gasteiger partial charge in [0.15, 0.2) is 11.6 Å². The molecule has 2 aromatic rings. The van der Waals surface area contributed by atoms with E-state index in [0.717, 1.165) is 43.4 Å². The minimum absolute atomic E-state index is 0.105. The van der Waals surface area contributed by atoms with Crippen molar-refractivity contribution in [3.05, 3.63) is 77.1 Å². The number of benzene rings is 2. The average Bonchev–Trinajstić information content (AvgIpc) is 2.76. The van der Waals surface area contributed by atoms with E-state index in [0.29, 0.717) is 11.8 Å². The van der Waals surface area contributed by atoms with Crippen LogP contribution in [-0.4, -0.2) is 13.0 Å². The Hall–Kier alpha value is -2.48. The Morgan fingerprint density at radius 2 is 1.61 bits per heavy atom. The van der Waals surface area contributed by atoms with Gasteiger partial charge in [0.1, 0.15) is 0 Å². The third-order valence-corrected chi connectivity index (χ3v) is 5.85. The summed E-state index contributed by atoms with van der Waals surface area (Å²) in [6.07, 6.45) is -0.178. The SMILES string of the molecule is CC=CC1CCC(c2ccc(C(F)(F)OCCc3ccc(OC(F)(F)F)c(F)c3)cc2)CC1. The summed E-state index contributed by atoms with van der Waals surface area (Å²) in [5.74, 6) is -1.26. The quantitative estimate of drug-likeness (QED) is 0.287. The first-order valence-electron chi connectivity index (χ1n) is 10.9. The topological polar surface area (TPSA) is 18.5 Å². The van der Waals surface area contributed by atoms with Crippen LogP contribution in [-0.2, 0) is 17.3 Å². The highest BCUT2D eigenvalue weighted by Crippen LogP contribution is 2.38. The highest BCUT2D eigenvalue weighted by Gasteiger charge is 2.34. The van der Waals surface area contributed by atoms with Crippen molar-refractivity contribution in [3.63, 3.8) is 0 Å². The first-order chi connectivity index (χ1) is 15.6. The summed E-state index contributed by atoms with van der Waals surface area (Å²) >= 11 is 0. The molecule has 0 aromatic heterocycles. The van der Waals surface area contributed by atoms with Crippen LogP contribution >= 0.6 is 0 Å². The predicted octanol–water partition coefficient (Wildman–Crippen LogP) is 7.88. The first kappa shape index (κ1) is 25.1. The molecule has 0 atom stereocenters. The maximum Gasteiger partial charge on any atom is 0.573 e. The molecule has 0 amide bonds. The molecule has 0 aliphatic heterocycles. The van der Waals surface area contributed by atoms with Crippen LogP contribution in [0.25, 0.3) is 0 Å². The monoisotopic (exact) mass is 472 g/mol. The van der Waals surface area contributed by atoms with E-state index in [1.807, 2.05) is 6.92 Å². The Labute approximate surface area is 189 Å². The lowest BCUT2D eigenvalue weighted by atomic mass is 9.78. The zero-order valence-electron chi connectivity index (χ0n) is 18.2. The molecule has 2 aromatic carbocycles. The Balaban J connectivity index is 1.53. The van der Waals surface area contributed by atoms with Gasteiger partial charge in [0.05, 0.1) is 12.2 Å². The molecule has 8 heteroatoms. The van der Waals surface area contributed by atoms with Crippen molar-refractivity contribution in [1.29, 1.82) is 0 Å². The lowest BCUT2D eigenvalue weighted by Crippen LogP contribution is -2.20. The van der Waals surface area contributed by atoms with E-state index >= 15 is 0 Å². The smallest absolute Gasteiger partial charge is 0.403 e. The maximum absolute atomic E-state index is 14.4. The van der Waals surface area contributed by atoms with Crippen molar-refractivity contribution in [2.24, 2.45) is 5.92 Å². The summed E-state index contributed by atoms with van der Waals surface area (Å²) in [6, 6.07) is 8.92. The molecular weight excluding hydrogens is 446 g/mol. The molecule has 0 unspecified atom stereocenters. The average molecular weight is 472 g/mol. The molecule has 2 nitrogen and oxygen atoms in total. The van der Waals surface area contributed by atoms with Gasteiger partial charge in [-0.2, -0.15) is 8.78 Å². The highest BCUT2D eigenvalue weighted by atomic mass is 19.4. The van der Waals surface area contributed by atoms with Crippen LogP contribution in [0.15, 0.2) is 54.6 Å². The fourth-order valence-electron chi connectivity index (χ4n) is 4.15. The van der Waals surface area contributed by atoms with Gasteiger partial charge in [-0.05, 0) is 74.1 Å². The van der Waals surface area contributed by atoms with Crippen molar-refractivity contribution in [2.45, 2.75) is 57.4 Å². The van der Waals surface area contributed by atoms with Crippen LogP contribution in [0, 0.1) is 11.7 Å². The van der Waals surface area contributed by atoms with Crippen LogP contribution in [0.1, 0.15) is 55.2 Å². The van der Waals surface area contributed by atoms with Gasteiger partial charge < -0.3 is 9.47 Å². The molecule has 1 aliphatic carbocycles. The number of hydrogen-bond donors (Lipinski definition) is 0. The van der Waals surface area contributed by atoms with Gasteiger partial charge in [-0.25, -0.2) is 4.39 Å². The molecule has 180 valence electrons. The van der Waals surface area contributed by atoms with E-state index < -0.39 is 30.6 Å². The van der Waals surface area contributed by atoms with Crippen LogP contribution in [0.4, 0.5) is 26.3 Å². The fourth-order valence-corrected chi connectivity index (χ4v) is 4.15. The summed E-state index contributed by atoms with van der Waals surface area (Å²) in [7, 11) is 0. The lowest BCUT2D eigenvalue weighted by molar-refractivity contribution is -0.275. The van der Waals surface area contributed by atoms with E-state index in [1.54, 1.807) is 12.1 Å². The van der Waals surface area contributed by atoms with E-state index in [4.69, 9.17) is 4.74 Å². The van der Waals surface area contributed by atoms with Crippen LogP contribution in [0.5, 0.6) is 5.75 Å². The molecule has 0 bridgehead atoms. The first-order valence-corrected chi connectivity index (χ1v) is 10.9. The molecule has 3 rings (SSSR count). The molecule has 0 radical (unpaired) electrons. The zero-order valence-corrected chi connectivity index (χ0v) is 18.2. The second-order valence-corrected chi connectivity index (χ2v) is 8.19. The van der Waals surface area contributed by atoms with Crippen molar-refractivity contribution in [3.8, 4) is 5.75 Å². The summed E-state index contributed by atoms with van der Waals surface area (Å²) < 4.78 is 87.5. The van der Waals surface area contributed by atoms with Gasteiger partial charge in [0.2, 0.25) is 0 Å². The summed E-state index contributed by atoms with van der Waals surface area (Å²) in [5, 5.41) is 0. The summed E-state index contributed by atoms with van der Waals surface area (Å²) in [4.78, 5) is 0. The third kappa shape index (κ3) is 7.25. The molecule has 0 spiro atoms. The van der Waals surface area contributed by atoms with Gasteiger partial charge >= 0.3 is 12.5 Å². The molecule has 0 saturated heterocycles. The Morgan fingerprint density at radius 1 is 0.939 bits per heavy atom. The van der Waals surface area contributed by atoms with Gasteiger partial charge in [-0.1, -0.05) is 42.5 Å². The maximum atomic E-state index is 14.4. The van der Waals surface area contributed by atoms with Crippen LogP contribution < -0.4 is 4.74 Å². The van der Waals surface area contributed by atoms with Crippen molar-refractivity contribution in [2.75, 3.05) is 6.61 Å². The molecular formula is C25H26F6O2. The Bertz CT molecular complexity index is 929. The number of ether oxygens (including phenoxy) is 2. The molecule has 1 aliphatic rings. The minimum Gasteiger partial charge on any atom is -0.403 e. The molecule has 33 heavy (non-hydrogen) atoms. The van der Waals surface area contributed by atoms with Gasteiger partial charge in [0.25, 0.3) is 0 Å². The van der Waals surface area contributed by atoms with Crippen molar-refractivity contribution < 1.29 is 35.8 Å². The Kier molecular flexibility index (Phi) is 8.10. The fraction of sp³-hybridized carbons (Fsp3) is 0.440. The van der Waals surface area contributed by atoms with E-state index in [1.165, 1.54) is 18.2 Å². The summed E-state index contributed by atoms with van der Waals surface area (Å²) in [6.45, 7) is 1.57. The van der Waals surface area contributed by atoms with Gasteiger partial charge in [-0.3, -0.25) is 0 Å². The normalized spacial score (nSPS) is 19.7. The third-order valence-electron chi connectivity index (χ3n) is 5.85. The van der Waals surface area contributed by atoms with Crippen molar-refractivity contribution >= 4 is 0 Å². The van der Waals surface area contributed by atoms with E-state index in [9.17, 15) is 26.3 Å². The van der Waals surface area contributed by atoms with E-state index in [2.05, 4.69) is 16.9 Å². The predicted molar refractivity (Wildman–Crippen MR) is 113 cm³/mol. The highest BCUT2D eigenvalue weighted by molar-refractivity contribution is 5.30. The molecule has 0 N–H and O–H groups in total. The van der Waals surface area contributed by atoms with Gasteiger partial charge in [-0.15, -0.1) is 13.2 Å². The minimum atomic E-state index is -5.02. The molecule has 1 fully saturated rings. The number of halogens is 6. The largest absolute Gasteiger partial charge is 0.573 e. The van der Waals surface area contributed by atoms with Crippen LogP contribution in [0.2, 0.25) is 0 Å². The zero-order chi connectivity index (χ0) is 24.1. The second-order valence-electron chi connectivity index (χ2n) is 8.19. The second kappa shape index (κ2) is 10.6. The lowest BCUT2D eigenvalue weighted by Gasteiger charge is -2.27. The van der Waals surface area contributed by atoms with Gasteiger partial charge in [0, 0.05) is 0 Å². The van der Waals surface area contributed by atoms with Crippen molar-refractivity contribution in [1.82, 2.24) is 0 Å².